The molecule has 0 unspecified atom stereocenters. The molecule has 1 rings (SSSR count). The summed E-state index contributed by atoms with van der Waals surface area (Å²) in [6.07, 6.45) is 0. The second-order valence-electron chi connectivity index (χ2n) is 2.62. The van der Waals surface area contributed by atoms with Gasteiger partial charge in [-0.25, -0.2) is 0 Å². The third kappa shape index (κ3) is 2.64. The van der Waals surface area contributed by atoms with Crippen molar-refractivity contribution in [2.24, 2.45) is 0 Å². The lowest BCUT2D eigenvalue weighted by atomic mass is 10.2. The molecule has 4 nitrogen and oxygen atoms in total. The quantitative estimate of drug-likeness (QED) is 0.593. The number of rotatable bonds is 2. The van der Waals surface area contributed by atoms with Crippen molar-refractivity contribution in [3.05, 3.63) is 29.8 Å². The van der Waals surface area contributed by atoms with Crippen LogP contribution in [-0.4, -0.2) is 13.9 Å². The van der Waals surface area contributed by atoms with Crippen molar-refractivity contribution in [2.75, 3.05) is 0 Å². The van der Waals surface area contributed by atoms with E-state index in [4.69, 9.17) is 5.26 Å². The molecule has 86 valence electrons. The average molecular weight is 251 g/mol. The van der Waals surface area contributed by atoms with Crippen LogP contribution in [0.2, 0.25) is 0 Å². The Kier molecular flexibility index (Phi) is 3.09. The highest BCUT2D eigenvalue weighted by molar-refractivity contribution is 7.87. The highest BCUT2D eigenvalue weighted by atomic mass is 32.2. The van der Waals surface area contributed by atoms with Crippen molar-refractivity contribution in [3.63, 3.8) is 0 Å². The molecule has 1 aromatic rings. The normalized spacial score (nSPS) is 11.9. The summed E-state index contributed by atoms with van der Waals surface area (Å²) < 4.78 is 60.6. The van der Waals surface area contributed by atoms with E-state index in [-0.39, 0.29) is 5.56 Å². The van der Waals surface area contributed by atoms with Crippen molar-refractivity contribution in [3.8, 4) is 11.8 Å². The van der Waals surface area contributed by atoms with Crippen molar-refractivity contribution in [1.29, 1.82) is 5.26 Å². The van der Waals surface area contributed by atoms with Crippen molar-refractivity contribution >= 4 is 10.1 Å². The summed E-state index contributed by atoms with van der Waals surface area (Å²) in [5.74, 6) is -0.503. The van der Waals surface area contributed by atoms with Crippen molar-refractivity contribution in [2.45, 2.75) is 5.51 Å². The number of nitrogens with zero attached hydrogens (tertiary/aromatic N) is 1. The van der Waals surface area contributed by atoms with E-state index in [0.717, 1.165) is 24.3 Å². The SMILES string of the molecule is N#Cc1ccc(OS(=O)(=O)C(F)(F)F)cc1. The van der Waals surface area contributed by atoms with Crippen LogP contribution >= 0.6 is 0 Å². The summed E-state index contributed by atoms with van der Waals surface area (Å²) >= 11 is 0. The molecular formula is C8H4F3NO3S. The molecule has 0 aliphatic carbocycles. The molecule has 8 heteroatoms. The fourth-order valence-electron chi connectivity index (χ4n) is 0.759. The van der Waals surface area contributed by atoms with E-state index in [2.05, 4.69) is 4.18 Å². The van der Waals surface area contributed by atoms with E-state index in [0.29, 0.717) is 0 Å². The summed E-state index contributed by atoms with van der Waals surface area (Å²) in [5.41, 5.74) is -5.29. The van der Waals surface area contributed by atoms with E-state index in [1.807, 2.05) is 0 Å². The summed E-state index contributed by atoms with van der Waals surface area (Å²) in [4.78, 5) is 0. The summed E-state index contributed by atoms with van der Waals surface area (Å²) in [6, 6.07) is 5.92. The molecule has 0 spiro atoms. The van der Waals surface area contributed by atoms with Gasteiger partial charge in [0.25, 0.3) is 0 Å². The first-order chi connectivity index (χ1) is 7.26. The fourth-order valence-corrected chi connectivity index (χ4v) is 1.22. The zero-order chi connectivity index (χ0) is 12.4. The number of halogens is 3. The van der Waals surface area contributed by atoms with E-state index in [1.54, 1.807) is 6.07 Å². The molecule has 0 bridgehead atoms. The minimum Gasteiger partial charge on any atom is -0.376 e. The second kappa shape index (κ2) is 4.02. The Labute approximate surface area is 89.0 Å². The fraction of sp³-hybridized carbons (Fsp3) is 0.125. The predicted molar refractivity (Wildman–Crippen MR) is 46.8 cm³/mol. The van der Waals surface area contributed by atoms with Crippen molar-refractivity contribution < 1.29 is 25.8 Å². The van der Waals surface area contributed by atoms with Gasteiger partial charge in [0.2, 0.25) is 0 Å². The molecule has 0 aromatic heterocycles. The van der Waals surface area contributed by atoms with Crippen LogP contribution in [0.4, 0.5) is 13.2 Å². The molecule has 1 aromatic carbocycles. The largest absolute Gasteiger partial charge is 0.534 e. The Balaban J connectivity index is 2.95. The molecule has 16 heavy (non-hydrogen) atoms. The Bertz CT molecular complexity index is 513. The van der Waals surface area contributed by atoms with Crippen LogP contribution in [0.25, 0.3) is 0 Å². The number of nitriles is 1. The Morgan fingerprint density at radius 2 is 1.69 bits per heavy atom. The van der Waals surface area contributed by atoms with Crippen LogP contribution in [0.15, 0.2) is 24.3 Å². The molecule has 0 heterocycles. The Morgan fingerprint density at radius 3 is 2.06 bits per heavy atom. The van der Waals surface area contributed by atoms with Gasteiger partial charge in [0.1, 0.15) is 5.75 Å². The van der Waals surface area contributed by atoms with Gasteiger partial charge < -0.3 is 4.18 Å². The number of hydrogen-bond acceptors (Lipinski definition) is 4. The van der Waals surface area contributed by atoms with Gasteiger partial charge in [-0.2, -0.15) is 26.9 Å². The summed E-state index contributed by atoms with van der Waals surface area (Å²) in [7, 11) is -5.65. The first-order valence-corrected chi connectivity index (χ1v) is 5.18. The highest BCUT2D eigenvalue weighted by Crippen LogP contribution is 2.26. The lowest BCUT2D eigenvalue weighted by Crippen LogP contribution is -2.28. The predicted octanol–water partition coefficient (Wildman–Crippen LogP) is 1.79. The van der Waals surface area contributed by atoms with Crippen molar-refractivity contribution in [1.82, 2.24) is 0 Å². The maximum Gasteiger partial charge on any atom is 0.534 e. The zero-order valence-corrected chi connectivity index (χ0v) is 8.34. The van der Waals surface area contributed by atoms with Crippen LogP contribution in [0, 0.1) is 11.3 Å². The maximum atomic E-state index is 11.9. The topological polar surface area (TPSA) is 67.2 Å². The maximum absolute atomic E-state index is 11.9. The van der Waals surface area contributed by atoms with Crippen LogP contribution in [0.1, 0.15) is 5.56 Å². The zero-order valence-electron chi connectivity index (χ0n) is 7.52. The van der Waals surface area contributed by atoms with Gasteiger partial charge in [0.15, 0.2) is 0 Å². The average Bonchev–Trinajstić information content (AvgIpc) is 2.16. The third-order valence-electron chi connectivity index (χ3n) is 1.47. The van der Waals surface area contributed by atoms with Gasteiger partial charge in [0, 0.05) is 0 Å². The lowest BCUT2D eigenvalue weighted by molar-refractivity contribution is -0.0500. The van der Waals surface area contributed by atoms with Crippen LogP contribution < -0.4 is 4.18 Å². The molecule has 0 saturated heterocycles. The first-order valence-electron chi connectivity index (χ1n) is 3.77. The molecule has 0 saturated carbocycles. The molecule has 0 atom stereocenters. The molecule has 0 radical (unpaired) electrons. The molecule has 0 fully saturated rings. The second-order valence-corrected chi connectivity index (χ2v) is 4.16. The highest BCUT2D eigenvalue weighted by Gasteiger charge is 2.48. The summed E-state index contributed by atoms with van der Waals surface area (Å²) in [5, 5.41) is 8.40. The van der Waals surface area contributed by atoms with Gasteiger partial charge in [-0.3, -0.25) is 0 Å². The van der Waals surface area contributed by atoms with Crippen LogP contribution in [0.5, 0.6) is 5.75 Å². The third-order valence-corrected chi connectivity index (χ3v) is 2.45. The van der Waals surface area contributed by atoms with Gasteiger partial charge in [0.05, 0.1) is 11.6 Å². The van der Waals surface area contributed by atoms with Gasteiger partial charge in [-0.1, -0.05) is 0 Å². The lowest BCUT2D eigenvalue weighted by Gasteiger charge is -2.08. The molecule has 0 amide bonds. The number of benzene rings is 1. The number of alkyl halides is 3. The Morgan fingerprint density at radius 1 is 1.19 bits per heavy atom. The van der Waals surface area contributed by atoms with Gasteiger partial charge in [-0.15, -0.1) is 0 Å². The molecular weight excluding hydrogens is 247 g/mol. The molecule has 0 aliphatic heterocycles. The van der Waals surface area contributed by atoms with E-state index < -0.39 is 21.4 Å². The summed E-state index contributed by atoms with van der Waals surface area (Å²) in [6.45, 7) is 0. The minimum absolute atomic E-state index is 0.178. The van der Waals surface area contributed by atoms with Gasteiger partial charge in [-0.05, 0) is 24.3 Å². The standard InChI is InChI=1S/C8H4F3NO3S/c9-8(10,11)16(13,14)15-7-3-1-6(5-12)2-4-7/h1-4H. The van der Waals surface area contributed by atoms with E-state index in [9.17, 15) is 21.6 Å². The monoisotopic (exact) mass is 251 g/mol. The van der Waals surface area contributed by atoms with Crippen LogP contribution in [-0.2, 0) is 10.1 Å². The van der Waals surface area contributed by atoms with Gasteiger partial charge >= 0.3 is 15.6 Å². The van der Waals surface area contributed by atoms with Crippen LogP contribution in [0.3, 0.4) is 0 Å². The van der Waals surface area contributed by atoms with E-state index in [1.165, 1.54) is 0 Å². The smallest absolute Gasteiger partial charge is 0.376 e. The molecule has 0 aliphatic rings. The molecule has 0 N–H and O–H groups in total. The minimum atomic E-state index is -5.65. The van der Waals surface area contributed by atoms with E-state index >= 15 is 0 Å². The number of hydrogen-bond donors (Lipinski definition) is 0. The Hall–Kier alpha value is -1.75. The first kappa shape index (κ1) is 12.3.